The Morgan fingerprint density at radius 3 is 2.43 bits per heavy atom. The zero-order chi connectivity index (χ0) is 21.5. The normalized spacial score (nSPS) is 10.9. The highest BCUT2D eigenvalue weighted by molar-refractivity contribution is 6.10. The predicted molar refractivity (Wildman–Crippen MR) is 115 cm³/mol. The van der Waals surface area contributed by atoms with Gasteiger partial charge in [-0.05, 0) is 72.5 Å². The van der Waals surface area contributed by atoms with E-state index in [0.29, 0.717) is 23.6 Å². The highest BCUT2D eigenvalue weighted by atomic mass is 19.1. The van der Waals surface area contributed by atoms with Crippen molar-refractivity contribution in [2.24, 2.45) is 0 Å². The maximum atomic E-state index is 12.9. The van der Waals surface area contributed by atoms with Crippen molar-refractivity contribution in [2.75, 3.05) is 5.32 Å². The molecule has 0 unspecified atom stereocenters. The molecule has 1 amide bonds. The van der Waals surface area contributed by atoms with Crippen LogP contribution in [-0.2, 0) is 11.4 Å². The molecule has 0 saturated heterocycles. The van der Waals surface area contributed by atoms with E-state index in [0.717, 1.165) is 16.7 Å². The number of carbonyl (C=O) groups is 1. The summed E-state index contributed by atoms with van der Waals surface area (Å²) < 4.78 is 18.6. The van der Waals surface area contributed by atoms with E-state index in [2.05, 4.69) is 5.32 Å². The zero-order valence-electron chi connectivity index (χ0n) is 16.8. The second-order valence-electron chi connectivity index (χ2n) is 6.93. The molecule has 0 saturated carbocycles. The minimum absolute atomic E-state index is 0.0101. The van der Waals surface area contributed by atoms with Crippen molar-refractivity contribution >= 4 is 17.7 Å². The molecular formula is C25H21FN2O2. The fraction of sp³-hybridized carbons (Fsp3) is 0.120. The summed E-state index contributed by atoms with van der Waals surface area (Å²) in [4.78, 5) is 12.5. The molecule has 0 aliphatic carbocycles. The summed E-state index contributed by atoms with van der Waals surface area (Å²) in [7, 11) is 0. The first-order chi connectivity index (χ1) is 14.4. The monoisotopic (exact) mass is 400 g/mol. The number of hydrogen-bond donors (Lipinski definition) is 1. The molecule has 0 aromatic heterocycles. The summed E-state index contributed by atoms with van der Waals surface area (Å²) in [5.74, 6) is -0.109. The van der Waals surface area contributed by atoms with Crippen LogP contribution in [0.25, 0.3) is 6.08 Å². The minimum Gasteiger partial charge on any atom is -0.489 e. The first-order valence-electron chi connectivity index (χ1n) is 9.42. The lowest BCUT2D eigenvalue weighted by molar-refractivity contribution is -0.112. The molecule has 150 valence electrons. The molecule has 1 N–H and O–H groups in total. The van der Waals surface area contributed by atoms with Crippen molar-refractivity contribution in [3.8, 4) is 11.8 Å². The Bertz CT molecular complexity index is 1110. The fourth-order valence-corrected chi connectivity index (χ4v) is 2.78. The highest BCUT2D eigenvalue weighted by Gasteiger charge is 2.11. The topological polar surface area (TPSA) is 62.1 Å². The van der Waals surface area contributed by atoms with Crippen LogP contribution in [0.15, 0.2) is 72.3 Å². The number of amides is 1. The summed E-state index contributed by atoms with van der Waals surface area (Å²) in [6.45, 7) is 4.16. The number of aryl methyl sites for hydroxylation is 2. The Balaban J connectivity index is 1.66. The summed E-state index contributed by atoms with van der Waals surface area (Å²) in [6, 6.07) is 20.9. The van der Waals surface area contributed by atoms with E-state index in [9.17, 15) is 14.4 Å². The average Bonchev–Trinajstić information content (AvgIpc) is 2.75. The SMILES string of the molecule is Cc1ccc(C)c(NC(=O)/C(C#N)=C/c2ccc(OCc3ccc(F)cc3)cc2)c1. The molecule has 0 heterocycles. The lowest BCUT2D eigenvalue weighted by Crippen LogP contribution is -2.14. The molecule has 0 aliphatic heterocycles. The van der Waals surface area contributed by atoms with Crippen LogP contribution in [0.3, 0.4) is 0 Å². The van der Waals surface area contributed by atoms with Gasteiger partial charge in [0.1, 0.15) is 29.8 Å². The van der Waals surface area contributed by atoms with Crippen molar-refractivity contribution in [3.05, 3.63) is 100 Å². The number of hydrogen-bond acceptors (Lipinski definition) is 3. The van der Waals surface area contributed by atoms with Crippen molar-refractivity contribution in [3.63, 3.8) is 0 Å². The van der Waals surface area contributed by atoms with Crippen molar-refractivity contribution in [2.45, 2.75) is 20.5 Å². The Morgan fingerprint density at radius 2 is 1.77 bits per heavy atom. The van der Waals surface area contributed by atoms with Crippen LogP contribution in [0.5, 0.6) is 5.75 Å². The summed E-state index contributed by atoms with van der Waals surface area (Å²) in [5, 5.41) is 12.2. The first kappa shape index (κ1) is 20.8. The molecule has 0 radical (unpaired) electrons. The minimum atomic E-state index is -0.456. The zero-order valence-corrected chi connectivity index (χ0v) is 16.8. The van der Waals surface area contributed by atoms with E-state index in [-0.39, 0.29) is 11.4 Å². The molecule has 3 aromatic carbocycles. The summed E-state index contributed by atoms with van der Waals surface area (Å²) >= 11 is 0. The lowest BCUT2D eigenvalue weighted by atomic mass is 10.1. The van der Waals surface area contributed by atoms with E-state index in [1.807, 2.05) is 38.1 Å². The quantitative estimate of drug-likeness (QED) is 0.435. The van der Waals surface area contributed by atoms with Gasteiger partial charge in [-0.2, -0.15) is 5.26 Å². The van der Waals surface area contributed by atoms with Gasteiger partial charge in [-0.3, -0.25) is 4.79 Å². The van der Waals surface area contributed by atoms with Gasteiger partial charge in [0.25, 0.3) is 5.91 Å². The van der Waals surface area contributed by atoms with E-state index >= 15 is 0 Å². The second kappa shape index (κ2) is 9.53. The molecule has 0 bridgehead atoms. The smallest absolute Gasteiger partial charge is 0.266 e. The van der Waals surface area contributed by atoms with Gasteiger partial charge in [-0.25, -0.2) is 4.39 Å². The van der Waals surface area contributed by atoms with E-state index in [4.69, 9.17) is 4.74 Å². The van der Waals surface area contributed by atoms with Gasteiger partial charge in [-0.15, -0.1) is 0 Å². The molecule has 0 fully saturated rings. The van der Waals surface area contributed by atoms with E-state index < -0.39 is 5.91 Å². The number of ether oxygens (including phenoxy) is 1. The number of anilines is 1. The van der Waals surface area contributed by atoms with Gasteiger partial charge in [-0.1, -0.05) is 36.4 Å². The first-order valence-corrected chi connectivity index (χ1v) is 9.42. The number of carbonyl (C=O) groups excluding carboxylic acids is 1. The maximum Gasteiger partial charge on any atom is 0.266 e. The predicted octanol–water partition coefficient (Wildman–Crippen LogP) is 5.57. The van der Waals surface area contributed by atoms with Gasteiger partial charge in [0.15, 0.2) is 0 Å². The van der Waals surface area contributed by atoms with E-state index in [1.165, 1.54) is 18.2 Å². The standard InChI is InChI=1S/C25H21FN2O2/c1-17-3-4-18(2)24(13-17)28-25(29)21(15-27)14-19-7-11-23(12-8-19)30-16-20-5-9-22(26)10-6-20/h3-14H,16H2,1-2H3,(H,28,29)/b21-14+. The molecular weight excluding hydrogens is 379 g/mol. The number of nitrogens with zero attached hydrogens (tertiary/aromatic N) is 1. The number of halogens is 1. The van der Waals surface area contributed by atoms with Crippen LogP contribution in [-0.4, -0.2) is 5.91 Å². The van der Waals surface area contributed by atoms with Gasteiger partial charge in [0.05, 0.1) is 0 Å². The largest absolute Gasteiger partial charge is 0.489 e. The van der Waals surface area contributed by atoms with Crippen molar-refractivity contribution in [1.82, 2.24) is 0 Å². The Kier molecular flexibility index (Phi) is 6.61. The van der Waals surface area contributed by atoms with Crippen LogP contribution in [0.4, 0.5) is 10.1 Å². The number of benzene rings is 3. The van der Waals surface area contributed by atoms with E-state index in [1.54, 1.807) is 36.4 Å². The van der Waals surface area contributed by atoms with Gasteiger partial charge in [0.2, 0.25) is 0 Å². The summed E-state index contributed by atoms with van der Waals surface area (Å²) in [5.41, 5.74) is 4.21. The molecule has 4 nitrogen and oxygen atoms in total. The van der Waals surface area contributed by atoms with Crippen LogP contribution < -0.4 is 10.1 Å². The average molecular weight is 400 g/mol. The third kappa shape index (κ3) is 5.55. The molecule has 0 atom stereocenters. The van der Waals surface area contributed by atoms with Gasteiger partial charge < -0.3 is 10.1 Å². The van der Waals surface area contributed by atoms with Crippen LogP contribution in [0, 0.1) is 31.0 Å². The van der Waals surface area contributed by atoms with Crippen LogP contribution in [0.1, 0.15) is 22.3 Å². The summed E-state index contributed by atoms with van der Waals surface area (Å²) in [6.07, 6.45) is 1.53. The third-order valence-electron chi connectivity index (χ3n) is 4.52. The van der Waals surface area contributed by atoms with Gasteiger partial charge >= 0.3 is 0 Å². The Hall–Kier alpha value is -3.91. The Labute approximate surface area is 175 Å². The van der Waals surface area contributed by atoms with Gasteiger partial charge in [0, 0.05) is 5.69 Å². The highest BCUT2D eigenvalue weighted by Crippen LogP contribution is 2.19. The third-order valence-corrected chi connectivity index (χ3v) is 4.52. The Morgan fingerprint density at radius 1 is 1.07 bits per heavy atom. The van der Waals surface area contributed by atoms with Crippen LogP contribution in [0.2, 0.25) is 0 Å². The van der Waals surface area contributed by atoms with Crippen LogP contribution >= 0.6 is 0 Å². The number of nitrogens with one attached hydrogen (secondary N) is 1. The number of rotatable bonds is 6. The van der Waals surface area contributed by atoms with Crippen molar-refractivity contribution in [1.29, 1.82) is 5.26 Å². The molecule has 0 spiro atoms. The fourth-order valence-electron chi connectivity index (χ4n) is 2.78. The molecule has 0 aliphatic rings. The maximum absolute atomic E-state index is 12.9. The molecule has 3 rings (SSSR count). The second-order valence-corrected chi connectivity index (χ2v) is 6.93. The number of nitriles is 1. The molecule has 3 aromatic rings. The lowest BCUT2D eigenvalue weighted by Gasteiger charge is -2.09. The molecule has 5 heteroatoms. The molecule has 30 heavy (non-hydrogen) atoms. The van der Waals surface area contributed by atoms with Crippen molar-refractivity contribution < 1.29 is 13.9 Å².